The molecule has 0 fully saturated rings. The molecule has 190 valence electrons. The number of thiazole rings is 1. The van der Waals surface area contributed by atoms with Gasteiger partial charge in [0.1, 0.15) is 11.5 Å². The van der Waals surface area contributed by atoms with Gasteiger partial charge in [0.15, 0.2) is 16.7 Å². The number of benzene rings is 2. The number of aliphatic hydroxyl groups excluding tert-OH is 1. The second kappa shape index (κ2) is 10.5. The molecule has 2 aromatic heterocycles. The van der Waals surface area contributed by atoms with Crippen LogP contribution in [0.1, 0.15) is 48.8 Å². The molecule has 0 saturated carbocycles. The highest BCUT2D eigenvalue weighted by atomic mass is 32.1. The number of Topliss-reactive ketones (excluding diaryl/α,β-unsaturated/α-hetero) is 1. The van der Waals surface area contributed by atoms with Gasteiger partial charge in [0.25, 0.3) is 5.91 Å². The number of amides is 1. The Morgan fingerprint density at radius 1 is 1.11 bits per heavy atom. The molecule has 37 heavy (non-hydrogen) atoms. The molecule has 5 rings (SSSR count). The lowest BCUT2D eigenvalue weighted by molar-refractivity contribution is -0.117. The maximum absolute atomic E-state index is 13.5. The van der Waals surface area contributed by atoms with Crippen molar-refractivity contribution in [2.75, 3.05) is 18.1 Å². The van der Waals surface area contributed by atoms with Crippen molar-refractivity contribution in [3.8, 4) is 11.5 Å². The summed E-state index contributed by atoms with van der Waals surface area (Å²) in [5.41, 5.74) is 1.22. The van der Waals surface area contributed by atoms with Gasteiger partial charge in [-0.3, -0.25) is 14.5 Å². The lowest BCUT2D eigenvalue weighted by Crippen LogP contribution is -2.31. The zero-order valence-electron chi connectivity index (χ0n) is 20.5. The molecule has 2 aromatic carbocycles. The lowest BCUT2D eigenvalue weighted by Gasteiger charge is -2.24. The number of ketones is 1. The van der Waals surface area contributed by atoms with E-state index in [9.17, 15) is 14.7 Å². The third-order valence-corrected chi connectivity index (χ3v) is 7.02. The van der Waals surface area contributed by atoms with E-state index >= 15 is 0 Å². The fourth-order valence-electron chi connectivity index (χ4n) is 4.25. The van der Waals surface area contributed by atoms with E-state index in [4.69, 9.17) is 13.9 Å². The average Bonchev–Trinajstić information content (AvgIpc) is 3.63. The fourth-order valence-corrected chi connectivity index (χ4v) is 5.27. The smallest absolute Gasteiger partial charge is 0.296 e. The van der Waals surface area contributed by atoms with Crippen molar-refractivity contribution in [1.82, 2.24) is 4.98 Å². The van der Waals surface area contributed by atoms with Gasteiger partial charge in [-0.1, -0.05) is 36.8 Å². The molecule has 1 unspecified atom stereocenters. The molecule has 9 heteroatoms. The van der Waals surface area contributed by atoms with Gasteiger partial charge in [0, 0.05) is 0 Å². The van der Waals surface area contributed by atoms with Gasteiger partial charge in [0.2, 0.25) is 5.78 Å². The fraction of sp³-hybridized carbons (Fsp3) is 0.250. The summed E-state index contributed by atoms with van der Waals surface area (Å²) in [5.74, 6) is -0.567. The molecule has 1 atom stereocenters. The second-order valence-electron chi connectivity index (χ2n) is 8.48. The summed E-state index contributed by atoms with van der Waals surface area (Å²) in [6.07, 6.45) is 3.27. The largest absolute Gasteiger partial charge is 0.503 e. The number of anilines is 1. The van der Waals surface area contributed by atoms with Gasteiger partial charge in [-0.2, -0.15) is 0 Å². The van der Waals surface area contributed by atoms with Crippen LogP contribution in [0.3, 0.4) is 0 Å². The van der Waals surface area contributed by atoms with E-state index in [0.717, 1.165) is 17.5 Å². The van der Waals surface area contributed by atoms with Crippen molar-refractivity contribution in [2.45, 2.75) is 32.7 Å². The van der Waals surface area contributed by atoms with Gasteiger partial charge >= 0.3 is 0 Å². The van der Waals surface area contributed by atoms with Crippen molar-refractivity contribution in [3.05, 3.63) is 83.5 Å². The molecule has 1 aliphatic heterocycles. The Hall–Kier alpha value is -4.11. The number of carbonyl (C=O) groups excluding carboxylic acids is 2. The van der Waals surface area contributed by atoms with Crippen LogP contribution in [0.25, 0.3) is 10.2 Å². The van der Waals surface area contributed by atoms with Gasteiger partial charge in [0.05, 0.1) is 41.3 Å². The molecule has 8 nitrogen and oxygen atoms in total. The van der Waals surface area contributed by atoms with Gasteiger partial charge in [-0.25, -0.2) is 4.98 Å². The van der Waals surface area contributed by atoms with E-state index in [2.05, 4.69) is 11.9 Å². The molecular formula is C28H26N2O6S. The first-order chi connectivity index (χ1) is 18.0. The summed E-state index contributed by atoms with van der Waals surface area (Å²) in [5, 5.41) is 11.3. The van der Waals surface area contributed by atoms with Crippen LogP contribution in [-0.2, 0) is 4.79 Å². The van der Waals surface area contributed by atoms with Crippen molar-refractivity contribution in [1.29, 1.82) is 0 Å². The maximum atomic E-state index is 13.5. The topological polar surface area (TPSA) is 102 Å². The molecule has 4 aromatic rings. The number of aliphatic hydroxyl groups is 1. The van der Waals surface area contributed by atoms with Crippen molar-refractivity contribution in [3.63, 3.8) is 0 Å². The number of fused-ring (bicyclic) bond motifs is 1. The van der Waals surface area contributed by atoms with Crippen LogP contribution in [0.15, 0.2) is 76.6 Å². The first-order valence-electron chi connectivity index (χ1n) is 12.1. The summed E-state index contributed by atoms with van der Waals surface area (Å²) < 4.78 is 17.6. The quantitative estimate of drug-likeness (QED) is 0.196. The van der Waals surface area contributed by atoms with Gasteiger partial charge in [-0.15, -0.1) is 0 Å². The number of hydrogen-bond acceptors (Lipinski definition) is 8. The summed E-state index contributed by atoms with van der Waals surface area (Å²) in [4.78, 5) is 32.9. The Bertz CT molecular complexity index is 1470. The minimum Gasteiger partial charge on any atom is -0.503 e. The van der Waals surface area contributed by atoms with E-state index in [0.29, 0.717) is 40.9 Å². The number of ether oxygens (including phenoxy) is 2. The molecule has 0 bridgehead atoms. The zero-order chi connectivity index (χ0) is 25.9. The van der Waals surface area contributed by atoms with E-state index in [1.54, 1.807) is 24.3 Å². The van der Waals surface area contributed by atoms with Crippen LogP contribution in [0.5, 0.6) is 11.5 Å². The number of unbranched alkanes of at least 4 members (excludes halogenated alkanes) is 1. The molecule has 3 heterocycles. The Balaban J connectivity index is 1.60. The van der Waals surface area contributed by atoms with Crippen LogP contribution in [0, 0.1) is 0 Å². The first kappa shape index (κ1) is 24.6. The summed E-state index contributed by atoms with van der Waals surface area (Å²) in [6.45, 7) is 5.06. The molecule has 0 saturated heterocycles. The second-order valence-corrected chi connectivity index (χ2v) is 9.49. The Kier molecular flexibility index (Phi) is 6.96. The van der Waals surface area contributed by atoms with Gasteiger partial charge in [-0.05, 0) is 61.4 Å². The van der Waals surface area contributed by atoms with Crippen molar-refractivity contribution in [2.24, 2.45) is 0 Å². The monoisotopic (exact) mass is 518 g/mol. The predicted octanol–water partition coefficient (Wildman–Crippen LogP) is 6.25. The summed E-state index contributed by atoms with van der Waals surface area (Å²) in [7, 11) is 0. The van der Waals surface area contributed by atoms with Crippen LogP contribution >= 0.6 is 11.3 Å². The SMILES string of the molecule is CCCCOc1cccc(C2C(C(=O)c3ccco3)=C(O)C(=O)N2c2nc3ccc(OCC)cc3s2)c1. The molecule has 0 radical (unpaired) electrons. The molecule has 1 amide bonds. The third-order valence-electron chi connectivity index (χ3n) is 6.00. The number of rotatable bonds is 10. The normalized spacial score (nSPS) is 15.6. The average molecular weight is 519 g/mol. The highest BCUT2D eigenvalue weighted by molar-refractivity contribution is 7.22. The molecule has 1 aliphatic rings. The minimum absolute atomic E-state index is 0.0298. The van der Waals surface area contributed by atoms with Crippen molar-refractivity contribution >= 4 is 38.4 Å². The number of hydrogen-bond donors (Lipinski definition) is 1. The number of aromatic nitrogens is 1. The first-order valence-corrected chi connectivity index (χ1v) is 12.9. The van der Waals surface area contributed by atoms with E-state index in [1.807, 2.05) is 31.2 Å². The maximum Gasteiger partial charge on any atom is 0.296 e. The van der Waals surface area contributed by atoms with E-state index in [-0.39, 0.29) is 11.3 Å². The molecular weight excluding hydrogens is 492 g/mol. The standard InChI is InChI=1S/C28H26N2O6S/c1-3-5-13-35-18-9-6-8-17(15-18)24-23(25(31)21-10-7-14-36-21)26(32)27(33)30(24)28-29-20-12-11-19(34-4-2)16-22(20)37-28/h6-12,14-16,24,32H,3-5,13H2,1-2H3. The minimum atomic E-state index is -0.924. The van der Waals surface area contributed by atoms with E-state index < -0.39 is 23.5 Å². The number of nitrogens with zero attached hydrogens (tertiary/aromatic N) is 2. The molecule has 1 N–H and O–H groups in total. The lowest BCUT2D eigenvalue weighted by atomic mass is 9.95. The summed E-state index contributed by atoms with van der Waals surface area (Å²) >= 11 is 1.28. The third kappa shape index (κ3) is 4.70. The Morgan fingerprint density at radius 2 is 1.95 bits per heavy atom. The highest BCUT2D eigenvalue weighted by Gasteiger charge is 2.46. The summed E-state index contributed by atoms with van der Waals surface area (Å²) in [6, 6.07) is 14.9. The number of carbonyl (C=O) groups is 2. The Morgan fingerprint density at radius 3 is 2.70 bits per heavy atom. The van der Waals surface area contributed by atoms with Crippen LogP contribution in [-0.4, -0.2) is 35.0 Å². The van der Waals surface area contributed by atoms with Crippen LogP contribution in [0.2, 0.25) is 0 Å². The molecule has 0 aliphatic carbocycles. The zero-order valence-corrected chi connectivity index (χ0v) is 21.3. The molecule has 0 spiro atoms. The Labute approximate surface area is 217 Å². The van der Waals surface area contributed by atoms with Crippen molar-refractivity contribution < 1.29 is 28.6 Å². The van der Waals surface area contributed by atoms with Crippen LogP contribution < -0.4 is 14.4 Å². The van der Waals surface area contributed by atoms with Gasteiger partial charge < -0.3 is 19.0 Å². The van der Waals surface area contributed by atoms with E-state index in [1.165, 1.54) is 28.6 Å². The van der Waals surface area contributed by atoms with Crippen LogP contribution in [0.4, 0.5) is 5.13 Å². The predicted molar refractivity (Wildman–Crippen MR) is 141 cm³/mol. The number of furan rings is 1. The highest BCUT2D eigenvalue weighted by Crippen LogP contribution is 2.45.